The Kier molecular flexibility index (Phi) is 4.67. The largest absolute Gasteiger partial charge is 0.468 e. The molecule has 0 aliphatic carbocycles. The Hall–Kier alpha value is -3.71. The predicted molar refractivity (Wildman–Crippen MR) is 117 cm³/mol. The van der Waals surface area contributed by atoms with E-state index in [2.05, 4.69) is 10.3 Å². The van der Waals surface area contributed by atoms with Crippen molar-refractivity contribution in [1.82, 2.24) is 10.3 Å². The van der Waals surface area contributed by atoms with Crippen LogP contribution in [0, 0.1) is 10.1 Å². The van der Waals surface area contributed by atoms with Crippen LogP contribution in [0.1, 0.15) is 23.1 Å². The number of nitrogens with one attached hydrogen (secondary N) is 2. The molecule has 7 nitrogen and oxygen atoms in total. The number of rotatable bonds is 4. The second kappa shape index (κ2) is 7.52. The van der Waals surface area contributed by atoms with E-state index in [4.69, 9.17) is 4.74 Å². The molecule has 0 unspecified atom stereocenters. The summed E-state index contributed by atoms with van der Waals surface area (Å²) in [5, 5.41) is 18.5. The van der Waals surface area contributed by atoms with Gasteiger partial charge < -0.3 is 9.72 Å². The lowest BCUT2D eigenvalue weighted by Crippen LogP contribution is -2.37. The number of H-pyrrole nitrogens is 1. The lowest BCUT2D eigenvalue weighted by atomic mass is 9.85. The van der Waals surface area contributed by atoms with E-state index >= 15 is 0 Å². The van der Waals surface area contributed by atoms with Crippen LogP contribution in [-0.4, -0.2) is 35.1 Å². The average Bonchev–Trinajstić information content (AvgIpc) is 3.40. The number of nitrogens with zero attached hydrogens (tertiary/aromatic N) is 1. The molecule has 0 spiro atoms. The average molecular weight is 415 g/mol. The maximum Gasteiger partial charge on any atom is 0.323 e. The van der Waals surface area contributed by atoms with Crippen molar-refractivity contribution in [2.75, 3.05) is 7.11 Å². The Bertz CT molecular complexity index is 1300. The maximum atomic E-state index is 12.7. The van der Waals surface area contributed by atoms with E-state index in [1.807, 2.05) is 66.7 Å². The molecule has 0 saturated carbocycles. The summed E-state index contributed by atoms with van der Waals surface area (Å²) in [5.41, 5.74) is 2.39. The summed E-state index contributed by atoms with van der Waals surface area (Å²) in [7, 11) is 1.31. The molecule has 2 heterocycles. The van der Waals surface area contributed by atoms with Crippen LogP contribution >= 0.6 is 0 Å². The first kappa shape index (κ1) is 19.3. The zero-order valence-electron chi connectivity index (χ0n) is 16.8. The third kappa shape index (κ3) is 3.14. The number of carbonyl (C=O) groups excluding carboxylic acids is 1. The van der Waals surface area contributed by atoms with Gasteiger partial charge in [-0.2, -0.15) is 0 Å². The highest BCUT2D eigenvalue weighted by atomic mass is 16.6. The SMILES string of the molecule is COC(=O)[C@H]1N[C@@H](c2ccc3ccccc3c2)[C@@H]([N+](=O)[O-])[C@@H]1c1c[nH]c2ccccc12. The van der Waals surface area contributed by atoms with E-state index in [0.717, 1.165) is 32.8 Å². The Morgan fingerprint density at radius 3 is 2.55 bits per heavy atom. The zero-order chi connectivity index (χ0) is 21.5. The highest BCUT2D eigenvalue weighted by molar-refractivity contribution is 5.87. The maximum absolute atomic E-state index is 12.7. The molecule has 0 amide bonds. The fourth-order valence-electron chi connectivity index (χ4n) is 4.82. The predicted octanol–water partition coefficient (Wildman–Crippen LogP) is 3.94. The second-order valence-electron chi connectivity index (χ2n) is 7.84. The van der Waals surface area contributed by atoms with Gasteiger partial charge in [0.2, 0.25) is 6.04 Å². The molecule has 4 aromatic rings. The fourth-order valence-corrected chi connectivity index (χ4v) is 4.82. The molecule has 1 aliphatic rings. The highest BCUT2D eigenvalue weighted by Crippen LogP contribution is 2.43. The minimum absolute atomic E-state index is 0.276. The number of esters is 1. The molecule has 5 rings (SSSR count). The standard InChI is InChI=1S/C24H21N3O4/c1-31-24(28)22-20(18-13-25-19-9-5-4-8-17(18)19)23(27(29)30)21(26-22)16-11-10-14-6-2-3-7-15(14)12-16/h2-13,20-23,25-26H,1H3/t20-,21+,22+,23+/m1/s1. The van der Waals surface area contributed by atoms with Gasteiger partial charge in [0.15, 0.2) is 0 Å². The Morgan fingerprint density at radius 2 is 1.77 bits per heavy atom. The lowest BCUT2D eigenvalue weighted by molar-refractivity contribution is -0.527. The van der Waals surface area contributed by atoms with Gasteiger partial charge in [0.1, 0.15) is 12.1 Å². The van der Waals surface area contributed by atoms with Crippen LogP contribution in [0.3, 0.4) is 0 Å². The molecule has 1 fully saturated rings. The molecular formula is C24H21N3O4. The summed E-state index contributed by atoms with van der Waals surface area (Å²) in [6.07, 6.45) is 1.77. The van der Waals surface area contributed by atoms with Crippen LogP contribution in [0.15, 0.2) is 72.9 Å². The van der Waals surface area contributed by atoms with Crippen molar-refractivity contribution in [1.29, 1.82) is 0 Å². The molecule has 4 atom stereocenters. The van der Waals surface area contributed by atoms with Crippen LogP contribution in [-0.2, 0) is 9.53 Å². The van der Waals surface area contributed by atoms with Gasteiger partial charge in [0, 0.05) is 22.0 Å². The summed E-state index contributed by atoms with van der Waals surface area (Å²) in [6, 6.07) is 18.8. The van der Waals surface area contributed by atoms with Crippen LogP contribution in [0.5, 0.6) is 0 Å². The molecule has 156 valence electrons. The van der Waals surface area contributed by atoms with Crippen molar-refractivity contribution < 1.29 is 14.5 Å². The molecule has 2 N–H and O–H groups in total. The van der Waals surface area contributed by atoms with Gasteiger partial charge in [0.25, 0.3) is 0 Å². The van der Waals surface area contributed by atoms with E-state index in [9.17, 15) is 14.9 Å². The molecule has 1 aromatic heterocycles. The van der Waals surface area contributed by atoms with Crippen molar-refractivity contribution in [2.24, 2.45) is 0 Å². The topological polar surface area (TPSA) is 97.3 Å². The summed E-state index contributed by atoms with van der Waals surface area (Å²) >= 11 is 0. The van der Waals surface area contributed by atoms with Gasteiger partial charge in [-0.1, -0.05) is 54.6 Å². The number of fused-ring (bicyclic) bond motifs is 2. The van der Waals surface area contributed by atoms with Gasteiger partial charge in [-0.05, 0) is 34.0 Å². The number of carbonyl (C=O) groups is 1. The van der Waals surface area contributed by atoms with E-state index < -0.39 is 30.0 Å². The summed E-state index contributed by atoms with van der Waals surface area (Å²) in [6.45, 7) is 0. The van der Waals surface area contributed by atoms with Gasteiger partial charge in [0.05, 0.1) is 13.0 Å². The Labute approximate surface area is 178 Å². The lowest BCUT2D eigenvalue weighted by Gasteiger charge is -2.18. The minimum Gasteiger partial charge on any atom is -0.468 e. The number of nitro groups is 1. The van der Waals surface area contributed by atoms with E-state index in [1.165, 1.54) is 7.11 Å². The molecule has 0 bridgehead atoms. The molecule has 31 heavy (non-hydrogen) atoms. The minimum atomic E-state index is -1.04. The van der Waals surface area contributed by atoms with E-state index in [1.54, 1.807) is 6.20 Å². The van der Waals surface area contributed by atoms with Crippen LogP contribution in [0.2, 0.25) is 0 Å². The zero-order valence-corrected chi connectivity index (χ0v) is 16.8. The smallest absolute Gasteiger partial charge is 0.323 e. The number of ether oxygens (including phenoxy) is 1. The van der Waals surface area contributed by atoms with Crippen molar-refractivity contribution >= 4 is 27.6 Å². The number of para-hydroxylation sites is 1. The van der Waals surface area contributed by atoms with E-state index in [0.29, 0.717) is 0 Å². The summed E-state index contributed by atoms with van der Waals surface area (Å²) in [4.78, 5) is 27.9. The van der Waals surface area contributed by atoms with Crippen molar-refractivity contribution in [2.45, 2.75) is 24.0 Å². The normalized spacial score (nSPS) is 23.3. The number of aromatic nitrogens is 1. The number of methoxy groups -OCH3 is 1. The van der Waals surface area contributed by atoms with Crippen molar-refractivity contribution in [3.63, 3.8) is 0 Å². The number of hydrogen-bond acceptors (Lipinski definition) is 5. The number of benzene rings is 3. The summed E-state index contributed by atoms with van der Waals surface area (Å²) < 4.78 is 5.02. The quantitative estimate of drug-likeness (QED) is 0.299. The molecule has 0 radical (unpaired) electrons. The molecule has 1 saturated heterocycles. The van der Waals surface area contributed by atoms with Crippen LogP contribution in [0.25, 0.3) is 21.7 Å². The third-order valence-electron chi connectivity index (χ3n) is 6.24. The first-order chi connectivity index (χ1) is 15.1. The first-order valence-electron chi connectivity index (χ1n) is 10.1. The Morgan fingerprint density at radius 1 is 1.03 bits per heavy atom. The number of aromatic amines is 1. The third-order valence-corrected chi connectivity index (χ3v) is 6.24. The molecule has 3 aromatic carbocycles. The summed E-state index contributed by atoms with van der Waals surface area (Å²) in [5.74, 6) is -1.19. The highest BCUT2D eigenvalue weighted by Gasteiger charge is 2.55. The molecule has 1 aliphatic heterocycles. The number of hydrogen-bond donors (Lipinski definition) is 2. The molecular weight excluding hydrogens is 394 g/mol. The van der Waals surface area contributed by atoms with Gasteiger partial charge >= 0.3 is 5.97 Å². The second-order valence-corrected chi connectivity index (χ2v) is 7.84. The van der Waals surface area contributed by atoms with Crippen molar-refractivity contribution in [3.05, 3.63) is 94.2 Å². The van der Waals surface area contributed by atoms with Crippen molar-refractivity contribution in [3.8, 4) is 0 Å². The van der Waals surface area contributed by atoms with E-state index in [-0.39, 0.29) is 4.92 Å². The monoisotopic (exact) mass is 415 g/mol. The van der Waals surface area contributed by atoms with Gasteiger partial charge in [-0.3, -0.25) is 20.2 Å². The van der Waals surface area contributed by atoms with Crippen LogP contribution in [0.4, 0.5) is 0 Å². The molecule has 7 heteroatoms. The Balaban J connectivity index is 1.66. The van der Waals surface area contributed by atoms with Gasteiger partial charge in [-0.25, -0.2) is 0 Å². The first-order valence-corrected chi connectivity index (χ1v) is 10.1. The van der Waals surface area contributed by atoms with Gasteiger partial charge in [-0.15, -0.1) is 0 Å². The van der Waals surface area contributed by atoms with Crippen LogP contribution < -0.4 is 5.32 Å². The fraction of sp³-hybridized carbons (Fsp3) is 0.208.